The Morgan fingerprint density at radius 2 is 1.92 bits per heavy atom. The summed E-state index contributed by atoms with van der Waals surface area (Å²) in [6.45, 7) is 4.03. The molecule has 0 fully saturated rings. The molecule has 0 spiro atoms. The average molecular weight is 367 g/mol. The highest BCUT2D eigenvalue weighted by Crippen LogP contribution is 2.41. The molecule has 2 atom stereocenters. The molecular weight excluding hydrogens is 347 g/mol. The molecule has 0 radical (unpaired) electrons. The van der Waals surface area contributed by atoms with Crippen LogP contribution < -0.4 is 5.32 Å². The number of nitrogens with zero attached hydrogens (tertiary/aromatic N) is 2. The number of rotatable bonds is 3. The summed E-state index contributed by atoms with van der Waals surface area (Å²) in [5.74, 6) is -0.330. The third-order valence-corrected chi connectivity index (χ3v) is 5.09. The first-order valence-electron chi connectivity index (χ1n) is 8.41. The maximum absolute atomic E-state index is 13.4. The quantitative estimate of drug-likeness (QED) is 0.891. The molecule has 0 aliphatic carbocycles. The Kier molecular flexibility index (Phi) is 4.46. The standard InChI is InChI=1S/C18H20F3N3O2/c1-4-10(2)24-9-13-14(16(24)25)15(22-17(26)23(13)3)11-7-5-6-8-12(11)18(19,20)21/h5-8,10,15H,4,9H2,1-3H3,(H,22,26)/t10-,15+/m0/s1. The fourth-order valence-corrected chi connectivity index (χ4v) is 3.40. The fraction of sp³-hybridized carbons (Fsp3) is 0.444. The van der Waals surface area contributed by atoms with Crippen molar-refractivity contribution in [1.82, 2.24) is 15.1 Å². The molecule has 2 heterocycles. The molecule has 5 nitrogen and oxygen atoms in total. The third-order valence-electron chi connectivity index (χ3n) is 5.09. The number of hydrogen-bond donors (Lipinski definition) is 1. The number of carbonyl (C=O) groups is 2. The summed E-state index contributed by atoms with van der Waals surface area (Å²) >= 11 is 0. The first kappa shape index (κ1) is 18.3. The molecule has 0 aromatic heterocycles. The van der Waals surface area contributed by atoms with Crippen LogP contribution in [0.4, 0.5) is 18.0 Å². The number of halogens is 3. The van der Waals surface area contributed by atoms with Crippen molar-refractivity contribution in [3.63, 3.8) is 0 Å². The minimum absolute atomic E-state index is 0.0740. The van der Waals surface area contributed by atoms with Crippen LogP contribution in [0.25, 0.3) is 0 Å². The predicted octanol–water partition coefficient (Wildman–Crippen LogP) is 3.30. The maximum Gasteiger partial charge on any atom is 0.416 e. The van der Waals surface area contributed by atoms with Crippen LogP contribution in [0.15, 0.2) is 35.5 Å². The van der Waals surface area contributed by atoms with E-state index in [0.717, 1.165) is 6.07 Å². The van der Waals surface area contributed by atoms with Gasteiger partial charge in [-0.15, -0.1) is 0 Å². The molecule has 2 aliphatic heterocycles. The van der Waals surface area contributed by atoms with Crippen LogP contribution in [-0.2, 0) is 11.0 Å². The lowest BCUT2D eigenvalue weighted by Gasteiger charge is -2.32. The van der Waals surface area contributed by atoms with Crippen LogP contribution >= 0.6 is 0 Å². The summed E-state index contributed by atoms with van der Waals surface area (Å²) in [5, 5.41) is 2.56. The first-order chi connectivity index (χ1) is 12.2. The van der Waals surface area contributed by atoms with E-state index in [0.29, 0.717) is 12.1 Å². The normalized spacial score (nSPS) is 21.8. The number of likely N-dealkylation sites (N-methyl/N-ethyl adjacent to an activating group) is 1. The van der Waals surface area contributed by atoms with E-state index >= 15 is 0 Å². The van der Waals surface area contributed by atoms with Crippen molar-refractivity contribution < 1.29 is 22.8 Å². The third kappa shape index (κ3) is 2.83. The molecule has 3 amide bonds. The molecule has 26 heavy (non-hydrogen) atoms. The van der Waals surface area contributed by atoms with Crippen LogP contribution in [-0.4, -0.2) is 41.4 Å². The Bertz CT molecular complexity index is 788. The van der Waals surface area contributed by atoms with Crippen molar-refractivity contribution in [3.8, 4) is 0 Å². The van der Waals surface area contributed by atoms with Crippen LogP contribution in [0, 0.1) is 0 Å². The SMILES string of the molecule is CC[C@H](C)N1CC2=C(C1=O)[C@@H](c1ccccc1C(F)(F)F)NC(=O)N2C. The van der Waals surface area contributed by atoms with Gasteiger partial charge < -0.3 is 10.2 Å². The summed E-state index contributed by atoms with van der Waals surface area (Å²) in [5.41, 5.74) is -0.296. The Hall–Kier alpha value is -2.51. The van der Waals surface area contributed by atoms with Gasteiger partial charge in [0, 0.05) is 13.1 Å². The Balaban J connectivity index is 2.12. The van der Waals surface area contributed by atoms with E-state index in [-0.39, 0.29) is 29.6 Å². The van der Waals surface area contributed by atoms with E-state index in [1.165, 1.54) is 30.1 Å². The molecule has 140 valence electrons. The first-order valence-corrected chi connectivity index (χ1v) is 8.41. The van der Waals surface area contributed by atoms with Gasteiger partial charge in [0.05, 0.1) is 29.4 Å². The maximum atomic E-state index is 13.4. The highest BCUT2D eigenvalue weighted by molar-refractivity contribution is 6.01. The zero-order chi connectivity index (χ0) is 19.2. The van der Waals surface area contributed by atoms with Gasteiger partial charge in [-0.2, -0.15) is 13.2 Å². The Labute approximate surface area is 149 Å². The van der Waals surface area contributed by atoms with Crippen molar-refractivity contribution in [3.05, 3.63) is 46.7 Å². The van der Waals surface area contributed by atoms with Crippen molar-refractivity contribution in [2.75, 3.05) is 13.6 Å². The summed E-state index contributed by atoms with van der Waals surface area (Å²) in [6.07, 6.45) is -3.87. The van der Waals surface area contributed by atoms with Gasteiger partial charge in [-0.1, -0.05) is 25.1 Å². The zero-order valence-corrected chi connectivity index (χ0v) is 14.7. The molecule has 0 saturated carbocycles. The van der Waals surface area contributed by atoms with Gasteiger partial charge in [-0.3, -0.25) is 9.69 Å². The summed E-state index contributed by atoms with van der Waals surface area (Å²) in [6, 6.07) is 3.32. The lowest BCUT2D eigenvalue weighted by molar-refractivity contribution is -0.138. The van der Waals surface area contributed by atoms with E-state index < -0.39 is 23.8 Å². The molecule has 1 N–H and O–H groups in total. The molecule has 0 saturated heterocycles. The fourth-order valence-electron chi connectivity index (χ4n) is 3.40. The number of hydrogen-bond acceptors (Lipinski definition) is 2. The summed E-state index contributed by atoms with van der Waals surface area (Å²) < 4.78 is 40.3. The van der Waals surface area contributed by atoms with Crippen molar-refractivity contribution in [2.24, 2.45) is 0 Å². The molecular formula is C18H20F3N3O2. The smallest absolute Gasteiger partial charge is 0.330 e. The molecule has 2 aliphatic rings. The Morgan fingerprint density at radius 1 is 1.27 bits per heavy atom. The molecule has 0 unspecified atom stereocenters. The average Bonchev–Trinajstić information content (AvgIpc) is 2.94. The van der Waals surface area contributed by atoms with Gasteiger partial charge >= 0.3 is 12.2 Å². The van der Waals surface area contributed by atoms with Crippen molar-refractivity contribution in [2.45, 2.75) is 38.5 Å². The zero-order valence-electron chi connectivity index (χ0n) is 14.7. The number of alkyl halides is 3. The van der Waals surface area contributed by atoms with Gasteiger partial charge in [-0.25, -0.2) is 4.79 Å². The number of amides is 3. The molecule has 3 rings (SSSR count). The Morgan fingerprint density at radius 3 is 2.54 bits per heavy atom. The second-order valence-corrected chi connectivity index (χ2v) is 6.58. The second-order valence-electron chi connectivity index (χ2n) is 6.58. The number of carbonyl (C=O) groups excluding carboxylic acids is 2. The second kappa shape index (κ2) is 6.34. The predicted molar refractivity (Wildman–Crippen MR) is 89.0 cm³/mol. The molecule has 1 aromatic carbocycles. The number of urea groups is 1. The summed E-state index contributed by atoms with van der Waals surface area (Å²) in [4.78, 5) is 28.2. The molecule has 1 aromatic rings. The monoisotopic (exact) mass is 367 g/mol. The minimum Gasteiger partial charge on any atom is -0.330 e. The van der Waals surface area contributed by atoms with Crippen LogP contribution in [0.2, 0.25) is 0 Å². The van der Waals surface area contributed by atoms with Gasteiger partial charge in [-0.05, 0) is 25.0 Å². The number of benzene rings is 1. The lowest BCUT2D eigenvalue weighted by Crippen LogP contribution is -2.45. The summed E-state index contributed by atoms with van der Waals surface area (Å²) in [7, 11) is 1.52. The van der Waals surface area contributed by atoms with E-state index in [9.17, 15) is 22.8 Å². The van der Waals surface area contributed by atoms with Crippen LogP contribution in [0.3, 0.4) is 0 Å². The van der Waals surface area contributed by atoms with E-state index in [1.54, 1.807) is 4.90 Å². The van der Waals surface area contributed by atoms with Crippen LogP contribution in [0.1, 0.15) is 37.4 Å². The van der Waals surface area contributed by atoms with E-state index in [4.69, 9.17) is 0 Å². The minimum atomic E-state index is -4.58. The lowest BCUT2D eigenvalue weighted by atomic mass is 9.91. The molecule has 8 heteroatoms. The van der Waals surface area contributed by atoms with E-state index in [2.05, 4.69) is 5.32 Å². The van der Waals surface area contributed by atoms with Crippen molar-refractivity contribution >= 4 is 11.9 Å². The van der Waals surface area contributed by atoms with Gasteiger partial charge in [0.2, 0.25) is 0 Å². The van der Waals surface area contributed by atoms with Gasteiger partial charge in [0.25, 0.3) is 5.91 Å². The topological polar surface area (TPSA) is 52.7 Å². The van der Waals surface area contributed by atoms with Crippen molar-refractivity contribution in [1.29, 1.82) is 0 Å². The van der Waals surface area contributed by atoms with Gasteiger partial charge in [0.1, 0.15) is 0 Å². The largest absolute Gasteiger partial charge is 0.416 e. The molecule has 0 bridgehead atoms. The highest BCUT2D eigenvalue weighted by Gasteiger charge is 2.46. The van der Waals surface area contributed by atoms with Gasteiger partial charge in [0.15, 0.2) is 0 Å². The van der Waals surface area contributed by atoms with Crippen LogP contribution in [0.5, 0.6) is 0 Å². The van der Waals surface area contributed by atoms with E-state index in [1.807, 2.05) is 13.8 Å². The number of nitrogens with one attached hydrogen (secondary N) is 1. The highest BCUT2D eigenvalue weighted by atomic mass is 19.4.